The number of rotatable bonds is 3. The maximum atomic E-state index is 5.18. The van der Waals surface area contributed by atoms with Crippen molar-refractivity contribution in [2.45, 2.75) is 26.2 Å². The maximum absolute atomic E-state index is 5.18. The molecule has 0 saturated carbocycles. The maximum Gasteiger partial charge on any atom is 0.137 e. The Balaban J connectivity index is 1.82. The molecule has 1 N–H and O–H groups in total. The first-order valence-electron chi connectivity index (χ1n) is 9.89. The van der Waals surface area contributed by atoms with Gasteiger partial charge in [-0.15, -0.1) is 0 Å². The Morgan fingerprint density at radius 2 is 2.08 bits per heavy atom. The molecule has 0 aliphatic carbocycles. The number of aromatic nitrogens is 1. The number of pyridine rings is 1. The molecular formula is C22H30N4. The molecule has 1 fully saturated rings. The average Bonchev–Trinajstić information content (AvgIpc) is 2.67. The summed E-state index contributed by atoms with van der Waals surface area (Å²) >= 11 is 0. The molecule has 1 unspecified atom stereocenters. The zero-order valence-corrected chi connectivity index (χ0v) is 16.3. The van der Waals surface area contributed by atoms with E-state index in [-0.39, 0.29) is 0 Å². The monoisotopic (exact) mass is 350 g/mol. The van der Waals surface area contributed by atoms with Crippen LogP contribution in [-0.4, -0.2) is 50.2 Å². The molecule has 26 heavy (non-hydrogen) atoms. The Bertz CT molecular complexity index is 826. The average molecular weight is 351 g/mol. The van der Waals surface area contributed by atoms with Crippen LogP contribution in [0.5, 0.6) is 0 Å². The SMILES string of the molecule is CNc1ccc2c(N3CCCC(C)C3)nc(C3=CCN(C)CC3)cc2c1. The fourth-order valence-corrected chi connectivity index (χ4v) is 4.19. The van der Waals surface area contributed by atoms with E-state index >= 15 is 0 Å². The van der Waals surface area contributed by atoms with Gasteiger partial charge in [-0.3, -0.25) is 0 Å². The minimum atomic E-state index is 0.739. The molecule has 0 amide bonds. The number of hydrogen-bond donors (Lipinski definition) is 1. The minimum Gasteiger partial charge on any atom is -0.388 e. The molecule has 0 bridgehead atoms. The summed E-state index contributed by atoms with van der Waals surface area (Å²) in [5.74, 6) is 1.91. The van der Waals surface area contributed by atoms with Crippen LogP contribution >= 0.6 is 0 Å². The number of nitrogens with one attached hydrogen (secondary N) is 1. The summed E-state index contributed by atoms with van der Waals surface area (Å²) in [5, 5.41) is 5.84. The Labute approximate surface area is 156 Å². The second-order valence-corrected chi connectivity index (χ2v) is 7.95. The predicted octanol–water partition coefficient (Wildman–Crippen LogP) is 4.23. The van der Waals surface area contributed by atoms with Crippen LogP contribution in [-0.2, 0) is 0 Å². The number of benzene rings is 1. The minimum absolute atomic E-state index is 0.739. The molecule has 2 aliphatic heterocycles. The Morgan fingerprint density at radius 3 is 2.81 bits per heavy atom. The highest BCUT2D eigenvalue weighted by Gasteiger charge is 2.21. The van der Waals surface area contributed by atoms with Gasteiger partial charge in [-0.05, 0) is 67.5 Å². The van der Waals surface area contributed by atoms with Gasteiger partial charge in [0.1, 0.15) is 5.82 Å². The summed E-state index contributed by atoms with van der Waals surface area (Å²) < 4.78 is 0. The molecule has 2 aromatic rings. The molecule has 1 aromatic carbocycles. The quantitative estimate of drug-likeness (QED) is 0.897. The molecule has 2 aliphatic rings. The van der Waals surface area contributed by atoms with Crippen molar-refractivity contribution in [2.75, 3.05) is 50.5 Å². The van der Waals surface area contributed by atoms with Crippen LogP contribution < -0.4 is 10.2 Å². The first-order valence-corrected chi connectivity index (χ1v) is 9.89. The summed E-state index contributed by atoms with van der Waals surface area (Å²) in [5.41, 5.74) is 3.71. The highest BCUT2D eigenvalue weighted by atomic mass is 15.2. The zero-order chi connectivity index (χ0) is 18.1. The predicted molar refractivity (Wildman–Crippen MR) is 112 cm³/mol. The molecule has 0 radical (unpaired) electrons. The van der Waals surface area contributed by atoms with E-state index < -0.39 is 0 Å². The van der Waals surface area contributed by atoms with Gasteiger partial charge in [-0.1, -0.05) is 13.0 Å². The van der Waals surface area contributed by atoms with E-state index in [2.05, 4.69) is 59.4 Å². The third-order valence-corrected chi connectivity index (χ3v) is 5.80. The van der Waals surface area contributed by atoms with Crippen molar-refractivity contribution in [2.24, 2.45) is 5.92 Å². The smallest absolute Gasteiger partial charge is 0.137 e. The second-order valence-electron chi connectivity index (χ2n) is 7.95. The van der Waals surface area contributed by atoms with Crippen LogP contribution in [0.3, 0.4) is 0 Å². The summed E-state index contributed by atoms with van der Waals surface area (Å²) in [7, 11) is 4.16. The lowest BCUT2D eigenvalue weighted by molar-refractivity contribution is 0.369. The van der Waals surface area contributed by atoms with Gasteiger partial charge in [0.25, 0.3) is 0 Å². The summed E-state index contributed by atoms with van der Waals surface area (Å²) in [6, 6.07) is 8.93. The standard InChI is InChI=1S/C22H30N4/c1-16-5-4-10-26(15-16)22-20-7-6-19(23-2)13-18(20)14-21(24-22)17-8-11-25(3)12-9-17/h6-8,13-14,16,23H,4-5,9-12,15H2,1-3H3. The Kier molecular flexibility index (Phi) is 4.86. The van der Waals surface area contributed by atoms with Gasteiger partial charge in [0.2, 0.25) is 0 Å². The van der Waals surface area contributed by atoms with E-state index in [0.717, 1.165) is 49.9 Å². The largest absolute Gasteiger partial charge is 0.388 e. The lowest BCUT2D eigenvalue weighted by Crippen LogP contribution is -2.35. The van der Waals surface area contributed by atoms with Crippen molar-refractivity contribution < 1.29 is 0 Å². The molecule has 4 rings (SSSR count). The van der Waals surface area contributed by atoms with Crippen LogP contribution in [0.4, 0.5) is 11.5 Å². The van der Waals surface area contributed by atoms with E-state index in [0.29, 0.717) is 0 Å². The van der Waals surface area contributed by atoms with Gasteiger partial charge in [-0.25, -0.2) is 4.98 Å². The van der Waals surface area contributed by atoms with Crippen molar-refractivity contribution in [1.29, 1.82) is 0 Å². The van der Waals surface area contributed by atoms with Crippen molar-refractivity contribution >= 4 is 27.9 Å². The highest BCUT2D eigenvalue weighted by Crippen LogP contribution is 2.33. The lowest BCUT2D eigenvalue weighted by Gasteiger charge is -2.33. The van der Waals surface area contributed by atoms with Crippen molar-refractivity contribution in [3.63, 3.8) is 0 Å². The molecule has 1 saturated heterocycles. The number of piperidine rings is 1. The molecule has 4 heteroatoms. The van der Waals surface area contributed by atoms with E-state index in [1.54, 1.807) is 0 Å². The molecule has 138 valence electrons. The van der Waals surface area contributed by atoms with Crippen molar-refractivity contribution in [3.8, 4) is 0 Å². The fourth-order valence-electron chi connectivity index (χ4n) is 4.19. The van der Waals surface area contributed by atoms with E-state index in [4.69, 9.17) is 4.98 Å². The van der Waals surface area contributed by atoms with Crippen LogP contribution in [0.25, 0.3) is 16.3 Å². The van der Waals surface area contributed by atoms with Crippen LogP contribution in [0.15, 0.2) is 30.3 Å². The first kappa shape index (κ1) is 17.3. The van der Waals surface area contributed by atoms with Gasteiger partial charge in [0.15, 0.2) is 0 Å². The number of fused-ring (bicyclic) bond motifs is 1. The third kappa shape index (κ3) is 3.43. The number of anilines is 2. The molecule has 1 aromatic heterocycles. The van der Waals surface area contributed by atoms with Gasteiger partial charge in [0, 0.05) is 44.3 Å². The van der Waals surface area contributed by atoms with E-state index in [1.807, 2.05) is 7.05 Å². The second kappa shape index (κ2) is 7.28. The van der Waals surface area contributed by atoms with Crippen LogP contribution in [0.1, 0.15) is 31.9 Å². The van der Waals surface area contributed by atoms with Gasteiger partial charge < -0.3 is 15.1 Å². The molecule has 0 spiro atoms. The lowest BCUT2D eigenvalue weighted by atomic mass is 9.98. The van der Waals surface area contributed by atoms with E-state index in [1.165, 1.54) is 35.0 Å². The Hall–Kier alpha value is -2.07. The summed E-state index contributed by atoms with van der Waals surface area (Å²) in [4.78, 5) is 10.0. The summed E-state index contributed by atoms with van der Waals surface area (Å²) in [6.45, 7) is 6.71. The van der Waals surface area contributed by atoms with Crippen LogP contribution in [0, 0.1) is 5.92 Å². The van der Waals surface area contributed by atoms with Crippen molar-refractivity contribution in [3.05, 3.63) is 36.0 Å². The highest BCUT2D eigenvalue weighted by molar-refractivity contribution is 5.96. The van der Waals surface area contributed by atoms with Gasteiger partial charge >= 0.3 is 0 Å². The molecule has 4 nitrogen and oxygen atoms in total. The fraction of sp³-hybridized carbons (Fsp3) is 0.500. The molecule has 3 heterocycles. The van der Waals surface area contributed by atoms with Gasteiger partial charge in [0.05, 0.1) is 5.69 Å². The first-order chi connectivity index (χ1) is 12.6. The van der Waals surface area contributed by atoms with E-state index in [9.17, 15) is 0 Å². The van der Waals surface area contributed by atoms with Crippen molar-refractivity contribution in [1.82, 2.24) is 9.88 Å². The normalized spacial score (nSPS) is 21.7. The number of likely N-dealkylation sites (N-methyl/N-ethyl adjacent to an activating group) is 1. The van der Waals surface area contributed by atoms with Crippen LogP contribution in [0.2, 0.25) is 0 Å². The third-order valence-electron chi connectivity index (χ3n) is 5.80. The number of nitrogens with zero attached hydrogens (tertiary/aromatic N) is 3. The zero-order valence-electron chi connectivity index (χ0n) is 16.3. The number of hydrogen-bond acceptors (Lipinski definition) is 4. The molecule has 1 atom stereocenters. The molecular weight excluding hydrogens is 320 g/mol. The topological polar surface area (TPSA) is 31.4 Å². The van der Waals surface area contributed by atoms with Gasteiger partial charge in [-0.2, -0.15) is 0 Å². The summed E-state index contributed by atoms with van der Waals surface area (Å²) in [6.07, 6.45) is 6.02. The Morgan fingerprint density at radius 1 is 1.19 bits per heavy atom.